The van der Waals surface area contributed by atoms with Crippen molar-refractivity contribution in [2.45, 2.75) is 19.4 Å². The van der Waals surface area contributed by atoms with Crippen molar-refractivity contribution in [3.63, 3.8) is 0 Å². The van der Waals surface area contributed by atoms with E-state index in [1.54, 1.807) is 12.1 Å². The molecule has 1 aliphatic heterocycles. The van der Waals surface area contributed by atoms with E-state index in [4.69, 9.17) is 4.52 Å². The topological polar surface area (TPSA) is 71.3 Å². The van der Waals surface area contributed by atoms with Crippen molar-refractivity contribution < 1.29 is 13.7 Å². The van der Waals surface area contributed by atoms with Crippen LogP contribution >= 0.6 is 11.8 Å². The number of carbonyl (C=O) groups excluding carboxylic acids is 1. The highest BCUT2D eigenvalue weighted by Crippen LogP contribution is 2.20. The van der Waals surface area contributed by atoms with Gasteiger partial charge in [0.2, 0.25) is 11.7 Å². The van der Waals surface area contributed by atoms with E-state index in [0.717, 1.165) is 25.3 Å². The van der Waals surface area contributed by atoms with Crippen LogP contribution in [-0.2, 0) is 6.54 Å². The van der Waals surface area contributed by atoms with Gasteiger partial charge in [-0.15, -0.1) is 0 Å². The molecule has 0 bridgehead atoms. The Morgan fingerprint density at radius 3 is 3.00 bits per heavy atom. The number of amides is 2. The molecule has 134 valence electrons. The van der Waals surface area contributed by atoms with Gasteiger partial charge in [-0.1, -0.05) is 5.16 Å². The molecule has 2 amide bonds. The smallest absolute Gasteiger partial charge is 0.317 e. The Kier molecular flexibility index (Phi) is 5.91. The molecule has 2 aromatic rings. The maximum Gasteiger partial charge on any atom is 0.317 e. The molecular formula is C17H21FN4O2S. The number of hydrogen-bond donors (Lipinski definition) is 1. The number of urea groups is 1. The molecule has 1 unspecified atom stereocenters. The number of halogens is 1. The maximum absolute atomic E-state index is 13.0. The van der Waals surface area contributed by atoms with E-state index in [2.05, 4.69) is 21.7 Å². The first-order valence-electron chi connectivity index (χ1n) is 8.26. The quantitative estimate of drug-likeness (QED) is 0.882. The van der Waals surface area contributed by atoms with Crippen molar-refractivity contribution in [3.05, 3.63) is 36.0 Å². The molecule has 3 rings (SSSR count). The third-order valence-corrected chi connectivity index (χ3v) is 4.97. The van der Waals surface area contributed by atoms with Crippen LogP contribution in [0.4, 0.5) is 9.18 Å². The third kappa shape index (κ3) is 4.72. The predicted octanol–water partition coefficient (Wildman–Crippen LogP) is 3.16. The second-order valence-corrected chi connectivity index (χ2v) is 7.00. The Morgan fingerprint density at radius 1 is 1.44 bits per heavy atom. The largest absolute Gasteiger partial charge is 0.337 e. The number of nitrogens with one attached hydrogen (secondary N) is 1. The lowest BCUT2D eigenvalue weighted by molar-refractivity contribution is 0.169. The predicted molar refractivity (Wildman–Crippen MR) is 94.6 cm³/mol. The summed E-state index contributed by atoms with van der Waals surface area (Å²) in [7, 11) is 0. The first kappa shape index (κ1) is 17.7. The summed E-state index contributed by atoms with van der Waals surface area (Å²) in [5.74, 6) is 2.02. The van der Waals surface area contributed by atoms with E-state index >= 15 is 0 Å². The van der Waals surface area contributed by atoms with Crippen LogP contribution in [0.2, 0.25) is 0 Å². The van der Waals surface area contributed by atoms with Crippen LogP contribution in [0.5, 0.6) is 0 Å². The molecule has 1 aromatic carbocycles. The fraction of sp³-hybridized carbons (Fsp3) is 0.471. The van der Waals surface area contributed by atoms with Gasteiger partial charge in [-0.3, -0.25) is 0 Å². The summed E-state index contributed by atoms with van der Waals surface area (Å²) in [6.07, 6.45) is 4.30. The van der Waals surface area contributed by atoms with Gasteiger partial charge in [-0.2, -0.15) is 16.7 Å². The SMILES string of the molecule is CSCC1CCCN(C(=O)NCc2nc(-c3ccc(F)cc3)no2)C1. The highest BCUT2D eigenvalue weighted by molar-refractivity contribution is 7.98. The normalized spacial score (nSPS) is 17.5. The second-order valence-electron chi connectivity index (χ2n) is 6.09. The van der Waals surface area contributed by atoms with Gasteiger partial charge in [-0.05, 0) is 55.0 Å². The second kappa shape index (κ2) is 8.33. The Hall–Kier alpha value is -2.09. The Bertz CT molecular complexity index is 705. The molecule has 1 saturated heterocycles. The van der Waals surface area contributed by atoms with Crippen LogP contribution in [0.3, 0.4) is 0 Å². The molecule has 1 atom stereocenters. The molecule has 6 nitrogen and oxygen atoms in total. The van der Waals surface area contributed by atoms with Gasteiger partial charge in [0.15, 0.2) is 0 Å². The number of nitrogens with zero attached hydrogens (tertiary/aromatic N) is 3. The van der Waals surface area contributed by atoms with Gasteiger partial charge < -0.3 is 14.7 Å². The number of likely N-dealkylation sites (tertiary alicyclic amines) is 1. The zero-order valence-corrected chi connectivity index (χ0v) is 14.9. The number of aromatic nitrogens is 2. The van der Waals surface area contributed by atoms with Gasteiger partial charge in [-0.25, -0.2) is 9.18 Å². The van der Waals surface area contributed by atoms with E-state index < -0.39 is 0 Å². The van der Waals surface area contributed by atoms with Crippen molar-refractivity contribution in [3.8, 4) is 11.4 Å². The van der Waals surface area contributed by atoms with Crippen molar-refractivity contribution >= 4 is 17.8 Å². The molecule has 1 aromatic heterocycles. The van der Waals surface area contributed by atoms with Gasteiger partial charge in [0.25, 0.3) is 0 Å². The van der Waals surface area contributed by atoms with E-state index in [1.807, 2.05) is 16.7 Å². The molecule has 8 heteroatoms. The zero-order chi connectivity index (χ0) is 17.6. The molecule has 0 aliphatic carbocycles. The molecule has 1 N–H and O–H groups in total. The fourth-order valence-electron chi connectivity index (χ4n) is 2.93. The lowest BCUT2D eigenvalue weighted by Gasteiger charge is -2.32. The minimum absolute atomic E-state index is 0.104. The van der Waals surface area contributed by atoms with Crippen molar-refractivity contribution in [2.75, 3.05) is 25.1 Å². The lowest BCUT2D eigenvalue weighted by atomic mass is 10.0. The Morgan fingerprint density at radius 2 is 2.24 bits per heavy atom. The van der Waals surface area contributed by atoms with E-state index in [-0.39, 0.29) is 18.4 Å². The van der Waals surface area contributed by atoms with Crippen LogP contribution in [0, 0.1) is 11.7 Å². The molecule has 0 saturated carbocycles. The number of thioether (sulfide) groups is 1. The number of hydrogen-bond acceptors (Lipinski definition) is 5. The van der Waals surface area contributed by atoms with Gasteiger partial charge >= 0.3 is 6.03 Å². The Balaban J connectivity index is 1.53. The first-order chi connectivity index (χ1) is 12.2. The first-order valence-corrected chi connectivity index (χ1v) is 9.65. The lowest BCUT2D eigenvalue weighted by Crippen LogP contribution is -2.45. The fourth-order valence-corrected chi connectivity index (χ4v) is 3.67. The van der Waals surface area contributed by atoms with Crippen LogP contribution in [0.1, 0.15) is 18.7 Å². The third-order valence-electron chi connectivity index (χ3n) is 4.17. The minimum atomic E-state index is -0.318. The number of piperidine rings is 1. The zero-order valence-electron chi connectivity index (χ0n) is 14.1. The van der Waals surface area contributed by atoms with Crippen molar-refractivity contribution in [1.82, 2.24) is 20.4 Å². The number of benzene rings is 1. The van der Waals surface area contributed by atoms with Gasteiger partial charge in [0.1, 0.15) is 5.82 Å². The van der Waals surface area contributed by atoms with Crippen LogP contribution in [0.15, 0.2) is 28.8 Å². The molecular weight excluding hydrogens is 343 g/mol. The molecule has 2 heterocycles. The van der Waals surface area contributed by atoms with Gasteiger partial charge in [0, 0.05) is 18.7 Å². The monoisotopic (exact) mass is 364 g/mol. The summed E-state index contributed by atoms with van der Waals surface area (Å²) in [5.41, 5.74) is 0.665. The summed E-state index contributed by atoms with van der Waals surface area (Å²) in [6, 6.07) is 5.75. The van der Waals surface area contributed by atoms with Crippen LogP contribution < -0.4 is 5.32 Å². The maximum atomic E-state index is 13.0. The van der Waals surface area contributed by atoms with Gasteiger partial charge in [0.05, 0.1) is 6.54 Å². The summed E-state index contributed by atoms with van der Waals surface area (Å²) < 4.78 is 18.1. The van der Waals surface area contributed by atoms with Crippen LogP contribution in [-0.4, -0.2) is 46.2 Å². The van der Waals surface area contributed by atoms with Crippen LogP contribution in [0.25, 0.3) is 11.4 Å². The number of carbonyl (C=O) groups is 1. The van der Waals surface area contributed by atoms with E-state index in [1.165, 1.54) is 18.6 Å². The minimum Gasteiger partial charge on any atom is -0.337 e. The average molecular weight is 364 g/mol. The Labute approximate surface area is 150 Å². The van der Waals surface area contributed by atoms with E-state index in [9.17, 15) is 9.18 Å². The highest BCUT2D eigenvalue weighted by atomic mass is 32.2. The van der Waals surface area contributed by atoms with Crippen molar-refractivity contribution in [2.24, 2.45) is 5.92 Å². The molecule has 0 radical (unpaired) electrons. The summed E-state index contributed by atoms with van der Waals surface area (Å²) in [5, 5.41) is 6.70. The summed E-state index contributed by atoms with van der Waals surface area (Å²) in [6.45, 7) is 1.75. The molecule has 1 fully saturated rings. The number of rotatable bonds is 5. The van der Waals surface area contributed by atoms with E-state index in [0.29, 0.717) is 23.2 Å². The highest BCUT2D eigenvalue weighted by Gasteiger charge is 2.23. The van der Waals surface area contributed by atoms with Crippen molar-refractivity contribution in [1.29, 1.82) is 0 Å². The molecule has 1 aliphatic rings. The molecule has 0 spiro atoms. The average Bonchev–Trinajstić information content (AvgIpc) is 3.10. The standard InChI is InChI=1S/C17H21FN4O2S/c1-25-11-12-3-2-8-22(10-12)17(23)19-9-15-20-16(21-24-15)13-4-6-14(18)7-5-13/h4-7,12H,2-3,8-11H2,1H3,(H,19,23). The molecule has 25 heavy (non-hydrogen) atoms. The summed E-state index contributed by atoms with van der Waals surface area (Å²) >= 11 is 1.82. The summed E-state index contributed by atoms with van der Waals surface area (Å²) in [4.78, 5) is 18.4.